The summed E-state index contributed by atoms with van der Waals surface area (Å²) >= 11 is 0. The Morgan fingerprint density at radius 1 is 1.36 bits per heavy atom. The number of nitrogens with one attached hydrogen (secondary N) is 2. The number of benzene rings is 1. The minimum Gasteiger partial charge on any atom is -0.481 e. The normalized spacial score (nSPS) is 21.1. The highest BCUT2D eigenvalue weighted by Crippen LogP contribution is 2.26. The molecule has 5 heteroatoms. The lowest BCUT2D eigenvalue weighted by atomic mass is 10.1. The summed E-state index contributed by atoms with van der Waals surface area (Å²) in [5.41, 5.74) is 3.20. The zero-order valence-electron chi connectivity index (χ0n) is 12.6. The quantitative estimate of drug-likeness (QED) is 0.811. The molecule has 0 radical (unpaired) electrons. The fourth-order valence-corrected chi connectivity index (χ4v) is 3.30. The van der Waals surface area contributed by atoms with Crippen LogP contribution in [0, 0.1) is 12.8 Å². The van der Waals surface area contributed by atoms with E-state index in [1.807, 2.05) is 31.3 Å². The van der Waals surface area contributed by atoms with E-state index in [9.17, 15) is 9.59 Å². The Morgan fingerprint density at radius 3 is 2.91 bits per heavy atom. The summed E-state index contributed by atoms with van der Waals surface area (Å²) in [7, 11) is 0. The van der Waals surface area contributed by atoms with Crippen molar-refractivity contribution in [2.24, 2.45) is 5.92 Å². The smallest absolute Gasteiger partial charge is 0.306 e. The molecule has 1 fully saturated rings. The first-order valence-electron chi connectivity index (χ1n) is 7.62. The molecule has 2 atom stereocenters. The number of aryl methyl sites for hydroxylation is 1. The standard InChI is InChI=1S/C17H20N2O3/c1-10-3-2-4-14-12(9-18-16(10)14)8-15(20)19-13-6-5-11(7-13)17(21)22/h2-4,9,11,13,18H,5-8H2,1H3,(H,19,20)(H,21,22)/t11-,13+/m1/s1. The number of hydrogen-bond acceptors (Lipinski definition) is 2. The highest BCUT2D eigenvalue weighted by atomic mass is 16.4. The van der Waals surface area contributed by atoms with E-state index >= 15 is 0 Å². The van der Waals surface area contributed by atoms with Gasteiger partial charge in [0.05, 0.1) is 12.3 Å². The van der Waals surface area contributed by atoms with E-state index in [2.05, 4.69) is 10.3 Å². The molecule has 0 saturated heterocycles. The Labute approximate surface area is 128 Å². The SMILES string of the molecule is Cc1cccc2c(CC(=O)N[C@H]3CC[C@@H](C(=O)O)C3)c[nH]c12. The molecular formula is C17H20N2O3. The van der Waals surface area contributed by atoms with Crippen molar-refractivity contribution in [2.75, 3.05) is 0 Å². The Hall–Kier alpha value is -2.30. The first-order chi connectivity index (χ1) is 10.5. The molecule has 116 valence electrons. The zero-order valence-corrected chi connectivity index (χ0v) is 12.6. The van der Waals surface area contributed by atoms with Crippen molar-refractivity contribution in [1.82, 2.24) is 10.3 Å². The van der Waals surface area contributed by atoms with Crippen LogP contribution >= 0.6 is 0 Å². The minimum absolute atomic E-state index is 0.0134. The van der Waals surface area contributed by atoms with Gasteiger partial charge < -0.3 is 15.4 Å². The predicted molar refractivity (Wildman–Crippen MR) is 83.6 cm³/mol. The molecule has 2 aromatic rings. The molecular weight excluding hydrogens is 280 g/mol. The third-order valence-corrected chi connectivity index (χ3v) is 4.51. The van der Waals surface area contributed by atoms with Gasteiger partial charge in [0, 0.05) is 23.1 Å². The number of aromatic amines is 1. The van der Waals surface area contributed by atoms with E-state index in [1.165, 1.54) is 0 Å². The number of aromatic nitrogens is 1. The Balaban J connectivity index is 1.64. The van der Waals surface area contributed by atoms with Crippen LogP contribution in [-0.2, 0) is 16.0 Å². The van der Waals surface area contributed by atoms with Crippen molar-refractivity contribution in [2.45, 2.75) is 38.6 Å². The summed E-state index contributed by atoms with van der Waals surface area (Å²) in [5.74, 6) is -1.12. The molecule has 3 N–H and O–H groups in total. The molecule has 0 unspecified atom stereocenters. The Bertz CT molecular complexity index is 720. The van der Waals surface area contributed by atoms with E-state index in [1.54, 1.807) is 0 Å². The molecule has 1 heterocycles. The maximum atomic E-state index is 12.2. The Kier molecular flexibility index (Phi) is 3.88. The topological polar surface area (TPSA) is 82.2 Å². The monoisotopic (exact) mass is 300 g/mol. The second kappa shape index (κ2) is 5.83. The van der Waals surface area contributed by atoms with E-state index in [0.717, 1.165) is 28.5 Å². The van der Waals surface area contributed by atoms with Gasteiger partial charge in [0.2, 0.25) is 5.91 Å². The largest absolute Gasteiger partial charge is 0.481 e. The number of hydrogen-bond donors (Lipinski definition) is 3. The molecule has 0 spiro atoms. The summed E-state index contributed by atoms with van der Waals surface area (Å²) in [4.78, 5) is 26.4. The second-order valence-corrected chi connectivity index (χ2v) is 6.10. The van der Waals surface area contributed by atoms with Gasteiger partial charge in [-0.05, 0) is 37.3 Å². The van der Waals surface area contributed by atoms with E-state index < -0.39 is 5.97 Å². The summed E-state index contributed by atoms with van der Waals surface area (Å²) in [6.45, 7) is 2.03. The number of carbonyl (C=O) groups is 2. The van der Waals surface area contributed by atoms with Crippen molar-refractivity contribution < 1.29 is 14.7 Å². The summed E-state index contributed by atoms with van der Waals surface area (Å²) < 4.78 is 0. The van der Waals surface area contributed by atoms with Crippen LogP contribution in [0.3, 0.4) is 0 Å². The molecule has 1 aliphatic rings. The fraction of sp³-hybridized carbons (Fsp3) is 0.412. The summed E-state index contributed by atoms with van der Waals surface area (Å²) in [6, 6.07) is 6.02. The van der Waals surface area contributed by atoms with Gasteiger partial charge in [-0.15, -0.1) is 0 Å². The van der Waals surface area contributed by atoms with Gasteiger partial charge in [0.15, 0.2) is 0 Å². The predicted octanol–water partition coefficient (Wildman–Crippen LogP) is 2.39. The van der Waals surface area contributed by atoms with Crippen molar-refractivity contribution in [1.29, 1.82) is 0 Å². The van der Waals surface area contributed by atoms with Crippen LogP contribution in [0.15, 0.2) is 24.4 Å². The Morgan fingerprint density at radius 2 is 2.18 bits per heavy atom. The van der Waals surface area contributed by atoms with Gasteiger partial charge in [-0.25, -0.2) is 0 Å². The lowest BCUT2D eigenvalue weighted by Gasteiger charge is -2.12. The number of rotatable bonds is 4. The van der Waals surface area contributed by atoms with Crippen molar-refractivity contribution in [3.63, 3.8) is 0 Å². The number of carbonyl (C=O) groups excluding carboxylic acids is 1. The third kappa shape index (κ3) is 2.84. The van der Waals surface area contributed by atoms with Crippen LogP contribution in [0.4, 0.5) is 0 Å². The molecule has 1 aromatic heterocycles. The van der Waals surface area contributed by atoms with Crippen molar-refractivity contribution in [3.8, 4) is 0 Å². The molecule has 1 saturated carbocycles. The van der Waals surface area contributed by atoms with Gasteiger partial charge in [-0.2, -0.15) is 0 Å². The van der Waals surface area contributed by atoms with Crippen LogP contribution in [0.5, 0.6) is 0 Å². The van der Waals surface area contributed by atoms with Crippen LogP contribution in [0.2, 0.25) is 0 Å². The molecule has 1 aliphatic carbocycles. The first kappa shape index (κ1) is 14.6. The van der Waals surface area contributed by atoms with Gasteiger partial charge in [0.1, 0.15) is 0 Å². The van der Waals surface area contributed by atoms with Gasteiger partial charge in [0.25, 0.3) is 0 Å². The number of fused-ring (bicyclic) bond motifs is 1. The molecule has 0 bridgehead atoms. The highest BCUT2D eigenvalue weighted by Gasteiger charge is 2.30. The van der Waals surface area contributed by atoms with Crippen LogP contribution < -0.4 is 5.32 Å². The zero-order chi connectivity index (χ0) is 15.7. The molecule has 5 nitrogen and oxygen atoms in total. The lowest BCUT2D eigenvalue weighted by molar-refractivity contribution is -0.141. The van der Waals surface area contributed by atoms with Crippen LogP contribution in [0.25, 0.3) is 10.9 Å². The maximum absolute atomic E-state index is 12.2. The van der Waals surface area contributed by atoms with Crippen molar-refractivity contribution in [3.05, 3.63) is 35.5 Å². The van der Waals surface area contributed by atoms with Crippen LogP contribution in [0.1, 0.15) is 30.4 Å². The molecule has 22 heavy (non-hydrogen) atoms. The third-order valence-electron chi connectivity index (χ3n) is 4.51. The van der Waals surface area contributed by atoms with Gasteiger partial charge in [-0.3, -0.25) is 9.59 Å². The number of para-hydroxylation sites is 1. The van der Waals surface area contributed by atoms with E-state index in [-0.39, 0.29) is 17.9 Å². The summed E-state index contributed by atoms with van der Waals surface area (Å²) in [5, 5.41) is 13.0. The minimum atomic E-state index is -0.760. The average Bonchev–Trinajstić information content (AvgIpc) is 3.07. The number of aliphatic carboxylic acids is 1. The number of carboxylic acids is 1. The van der Waals surface area contributed by atoms with Crippen LogP contribution in [-0.4, -0.2) is 28.0 Å². The number of amides is 1. The average molecular weight is 300 g/mol. The molecule has 0 aliphatic heterocycles. The number of H-pyrrole nitrogens is 1. The fourth-order valence-electron chi connectivity index (χ4n) is 3.30. The van der Waals surface area contributed by atoms with Gasteiger partial charge >= 0.3 is 5.97 Å². The first-order valence-corrected chi connectivity index (χ1v) is 7.62. The molecule has 1 amide bonds. The molecule has 1 aromatic carbocycles. The molecule has 3 rings (SSSR count). The number of carboxylic acid groups (broad SMARTS) is 1. The lowest BCUT2D eigenvalue weighted by Crippen LogP contribution is -2.34. The van der Waals surface area contributed by atoms with Gasteiger partial charge in [-0.1, -0.05) is 18.2 Å². The summed E-state index contributed by atoms with van der Waals surface area (Å²) in [6.07, 6.45) is 4.12. The van der Waals surface area contributed by atoms with Crippen molar-refractivity contribution >= 4 is 22.8 Å². The highest BCUT2D eigenvalue weighted by molar-refractivity contribution is 5.90. The maximum Gasteiger partial charge on any atom is 0.306 e. The van der Waals surface area contributed by atoms with E-state index in [4.69, 9.17) is 5.11 Å². The second-order valence-electron chi connectivity index (χ2n) is 6.10. The van der Waals surface area contributed by atoms with E-state index in [0.29, 0.717) is 19.3 Å².